The Morgan fingerprint density at radius 3 is 2.14 bits per heavy atom. The molecule has 2 rings (SSSR count). The van der Waals surface area contributed by atoms with Crippen LogP contribution in [0.1, 0.15) is 44.7 Å². The van der Waals surface area contributed by atoms with Crippen LogP contribution in [0.3, 0.4) is 0 Å². The lowest BCUT2D eigenvalue weighted by Gasteiger charge is -2.12. The van der Waals surface area contributed by atoms with Crippen molar-refractivity contribution in [2.75, 3.05) is 0 Å². The van der Waals surface area contributed by atoms with Crippen molar-refractivity contribution in [1.29, 1.82) is 0 Å². The number of hydrogen-bond donors (Lipinski definition) is 2. The summed E-state index contributed by atoms with van der Waals surface area (Å²) in [6.07, 6.45) is 0.702. The zero-order valence-electron chi connectivity index (χ0n) is 11.6. The fourth-order valence-electron chi connectivity index (χ4n) is 2.26. The summed E-state index contributed by atoms with van der Waals surface area (Å²) in [7, 11) is 0. The lowest BCUT2D eigenvalue weighted by molar-refractivity contribution is 0.0686. The maximum atomic E-state index is 11.0. The van der Waals surface area contributed by atoms with Crippen molar-refractivity contribution >= 4 is 11.9 Å². The molecule has 0 bridgehead atoms. The molecule has 4 nitrogen and oxygen atoms in total. The van der Waals surface area contributed by atoms with E-state index in [1.165, 1.54) is 0 Å². The van der Waals surface area contributed by atoms with Gasteiger partial charge in [0, 0.05) is 0 Å². The van der Waals surface area contributed by atoms with Gasteiger partial charge in [-0.25, -0.2) is 9.59 Å². The number of carboxylic acids is 2. The third-order valence-corrected chi connectivity index (χ3v) is 3.44. The summed E-state index contributed by atoms with van der Waals surface area (Å²) in [6.45, 7) is 2.03. The van der Waals surface area contributed by atoms with E-state index in [2.05, 4.69) is 0 Å². The van der Waals surface area contributed by atoms with Gasteiger partial charge in [0.05, 0.1) is 11.1 Å². The average Bonchev–Trinajstić information content (AvgIpc) is 2.47. The topological polar surface area (TPSA) is 74.6 Å². The molecule has 0 aliphatic heterocycles. The minimum atomic E-state index is -0.941. The number of carboxylic acid groups (broad SMARTS) is 2. The van der Waals surface area contributed by atoms with Crippen molar-refractivity contribution in [3.8, 4) is 0 Å². The van der Waals surface area contributed by atoms with Crippen LogP contribution < -0.4 is 0 Å². The van der Waals surface area contributed by atoms with Crippen LogP contribution in [0.2, 0.25) is 0 Å². The van der Waals surface area contributed by atoms with Gasteiger partial charge in [-0.15, -0.1) is 0 Å². The first-order valence-electron chi connectivity index (χ1n) is 6.63. The number of aromatic carboxylic acids is 2. The molecule has 21 heavy (non-hydrogen) atoms. The molecule has 2 N–H and O–H groups in total. The van der Waals surface area contributed by atoms with E-state index in [0.29, 0.717) is 6.42 Å². The molecular weight excluding hydrogens is 268 g/mol. The standard InChI is InChI=1S/C17H16O4/c1-11(13-5-7-14(8-6-13)16(18)19)9-12-3-2-4-15(10-12)17(20)21/h2-8,10-11H,9H2,1H3,(H,18,19)(H,20,21). The SMILES string of the molecule is CC(Cc1cccc(C(=O)O)c1)c1ccc(C(=O)O)cc1. The van der Waals surface area contributed by atoms with E-state index in [0.717, 1.165) is 11.1 Å². The number of carbonyl (C=O) groups is 2. The Balaban J connectivity index is 2.13. The molecule has 1 unspecified atom stereocenters. The van der Waals surface area contributed by atoms with Crippen LogP contribution in [0.5, 0.6) is 0 Å². The van der Waals surface area contributed by atoms with Crippen LogP contribution in [0.25, 0.3) is 0 Å². The van der Waals surface area contributed by atoms with E-state index in [-0.39, 0.29) is 17.0 Å². The summed E-state index contributed by atoms with van der Waals surface area (Å²) >= 11 is 0. The fraction of sp³-hybridized carbons (Fsp3) is 0.176. The summed E-state index contributed by atoms with van der Waals surface area (Å²) < 4.78 is 0. The van der Waals surface area contributed by atoms with Crippen molar-refractivity contribution in [3.63, 3.8) is 0 Å². The molecule has 0 saturated carbocycles. The normalized spacial score (nSPS) is 11.9. The highest BCUT2D eigenvalue weighted by Gasteiger charge is 2.10. The summed E-state index contributed by atoms with van der Waals surface area (Å²) in [5.41, 5.74) is 2.52. The largest absolute Gasteiger partial charge is 0.478 e. The van der Waals surface area contributed by atoms with E-state index in [1.807, 2.05) is 13.0 Å². The van der Waals surface area contributed by atoms with Gasteiger partial charge in [-0.2, -0.15) is 0 Å². The maximum absolute atomic E-state index is 11.0. The Bertz CT molecular complexity index is 659. The zero-order valence-corrected chi connectivity index (χ0v) is 11.6. The predicted molar refractivity (Wildman–Crippen MR) is 78.9 cm³/mol. The molecule has 2 aromatic rings. The van der Waals surface area contributed by atoms with Crippen molar-refractivity contribution < 1.29 is 19.8 Å². The summed E-state index contributed by atoms with van der Waals surface area (Å²) in [5.74, 6) is -1.70. The smallest absolute Gasteiger partial charge is 0.335 e. The van der Waals surface area contributed by atoms with Crippen LogP contribution in [0.15, 0.2) is 48.5 Å². The minimum Gasteiger partial charge on any atom is -0.478 e. The highest BCUT2D eigenvalue weighted by atomic mass is 16.4. The summed E-state index contributed by atoms with van der Waals surface area (Å²) in [5, 5.41) is 17.9. The highest BCUT2D eigenvalue weighted by molar-refractivity contribution is 5.88. The lowest BCUT2D eigenvalue weighted by atomic mass is 9.92. The molecule has 0 amide bonds. The van der Waals surface area contributed by atoms with Crippen LogP contribution in [-0.2, 0) is 6.42 Å². The molecule has 0 saturated heterocycles. The van der Waals surface area contributed by atoms with Gasteiger partial charge in [0.25, 0.3) is 0 Å². The van der Waals surface area contributed by atoms with Gasteiger partial charge in [0.2, 0.25) is 0 Å². The molecule has 0 fully saturated rings. The summed E-state index contributed by atoms with van der Waals surface area (Å²) in [4.78, 5) is 21.8. The average molecular weight is 284 g/mol. The second kappa shape index (κ2) is 6.22. The Labute approximate surface area is 122 Å². The first-order valence-corrected chi connectivity index (χ1v) is 6.63. The van der Waals surface area contributed by atoms with E-state index in [1.54, 1.807) is 42.5 Å². The monoisotopic (exact) mass is 284 g/mol. The van der Waals surface area contributed by atoms with Crippen LogP contribution in [0, 0.1) is 0 Å². The molecule has 0 aromatic heterocycles. The summed E-state index contributed by atoms with van der Waals surface area (Å²) in [6, 6.07) is 13.6. The van der Waals surface area contributed by atoms with Gasteiger partial charge >= 0.3 is 11.9 Å². The molecule has 0 spiro atoms. The Kier molecular flexibility index (Phi) is 4.38. The van der Waals surface area contributed by atoms with Gasteiger partial charge in [-0.05, 0) is 47.7 Å². The maximum Gasteiger partial charge on any atom is 0.335 e. The van der Waals surface area contributed by atoms with E-state index in [4.69, 9.17) is 10.2 Å². The number of benzene rings is 2. The van der Waals surface area contributed by atoms with Crippen molar-refractivity contribution in [2.24, 2.45) is 0 Å². The van der Waals surface area contributed by atoms with Gasteiger partial charge < -0.3 is 10.2 Å². The quantitative estimate of drug-likeness (QED) is 0.882. The third kappa shape index (κ3) is 3.69. The van der Waals surface area contributed by atoms with Crippen molar-refractivity contribution in [1.82, 2.24) is 0 Å². The molecule has 108 valence electrons. The number of rotatable bonds is 5. The number of hydrogen-bond acceptors (Lipinski definition) is 2. The van der Waals surface area contributed by atoms with Crippen molar-refractivity contribution in [2.45, 2.75) is 19.3 Å². The van der Waals surface area contributed by atoms with Gasteiger partial charge in [0.15, 0.2) is 0 Å². The Morgan fingerprint density at radius 1 is 0.952 bits per heavy atom. The highest BCUT2D eigenvalue weighted by Crippen LogP contribution is 2.21. The Morgan fingerprint density at radius 2 is 1.57 bits per heavy atom. The van der Waals surface area contributed by atoms with Gasteiger partial charge in [-0.1, -0.05) is 31.2 Å². The zero-order chi connectivity index (χ0) is 15.4. The minimum absolute atomic E-state index is 0.178. The first kappa shape index (κ1) is 14.8. The van der Waals surface area contributed by atoms with Crippen LogP contribution >= 0.6 is 0 Å². The molecule has 4 heteroatoms. The first-order chi connectivity index (χ1) is 9.97. The van der Waals surface area contributed by atoms with E-state index >= 15 is 0 Å². The van der Waals surface area contributed by atoms with Gasteiger partial charge in [0.1, 0.15) is 0 Å². The van der Waals surface area contributed by atoms with Gasteiger partial charge in [-0.3, -0.25) is 0 Å². The fourth-order valence-corrected chi connectivity index (χ4v) is 2.26. The molecule has 0 heterocycles. The molecule has 0 radical (unpaired) electrons. The predicted octanol–water partition coefficient (Wildman–Crippen LogP) is 3.43. The second-order valence-corrected chi connectivity index (χ2v) is 5.04. The molecule has 0 aliphatic rings. The van der Waals surface area contributed by atoms with Crippen molar-refractivity contribution in [3.05, 3.63) is 70.8 Å². The van der Waals surface area contributed by atoms with E-state index in [9.17, 15) is 9.59 Å². The molecule has 0 aliphatic carbocycles. The van der Waals surface area contributed by atoms with E-state index < -0.39 is 11.9 Å². The lowest BCUT2D eigenvalue weighted by Crippen LogP contribution is -2.02. The third-order valence-electron chi connectivity index (χ3n) is 3.44. The Hall–Kier alpha value is -2.62. The molecule has 1 atom stereocenters. The van der Waals surface area contributed by atoms with Crippen LogP contribution in [0.4, 0.5) is 0 Å². The molecule has 2 aromatic carbocycles. The van der Waals surface area contributed by atoms with Crippen LogP contribution in [-0.4, -0.2) is 22.2 Å². The second-order valence-electron chi connectivity index (χ2n) is 5.04. The molecular formula is C17H16O4.